The normalized spacial score (nSPS) is 12.4. The van der Waals surface area contributed by atoms with E-state index in [-0.39, 0.29) is 5.75 Å². The van der Waals surface area contributed by atoms with Crippen LogP contribution in [0.1, 0.15) is 24.9 Å². The Morgan fingerprint density at radius 1 is 1.29 bits per heavy atom. The average molecular weight is 333 g/mol. The number of hydrogen-bond donors (Lipinski definition) is 0. The topological polar surface area (TPSA) is 69.8 Å². The summed E-state index contributed by atoms with van der Waals surface area (Å²) in [6.45, 7) is 2.48. The Bertz CT molecular complexity index is 733. The molecule has 0 spiro atoms. The first-order valence-corrected chi connectivity index (χ1v) is 9.61. The summed E-state index contributed by atoms with van der Waals surface area (Å²) in [5, 5.41) is 4.50. The molecule has 2 rings (SSSR count). The first-order valence-electron chi connectivity index (χ1n) is 7.02. The van der Waals surface area contributed by atoms with Gasteiger partial charge in [-0.2, -0.15) is 5.10 Å². The molecule has 118 valence electrons. The lowest BCUT2D eigenvalue weighted by atomic mass is 10.2. The molecular weight excluding hydrogens is 312 g/mol. The van der Waals surface area contributed by atoms with E-state index in [1.54, 1.807) is 4.68 Å². The quantitative estimate of drug-likeness (QED) is 0.721. The number of alkyl halides is 1. The number of aryl methyl sites for hydroxylation is 4. The summed E-state index contributed by atoms with van der Waals surface area (Å²) >= 11 is 5.84. The maximum Gasteiger partial charge on any atom is 0.158 e. The smallest absolute Gasteiger partial charge is 0.158 e. The second-order valence-electron chi connectivity index (χ2n) is 5.24. The van der Waals surface area contributed by atoms with Gasteiger partial charge in [-0.25, -0.2) is 13.4 Å². The van der Waals surface area contributed by atoms with Crippen LogP contribution in [0.2, 0.25) is 0 Å². The van der Waals surface area contributed by atoms with Crippen LogP contribution in [-0.4, -0.2) is 45.6 Å². The van der Waals surface area contributed by atoms with Gasteiger partial charge in [-0.15, -0.1) is 11.6 Å². The van der Waals surface area contributed by atoms with Gasteiger partial charge >= 0.3 is 0 Å². The lowest BCUT2D eigenvalue weighted by Crippen LogP contribution is -2.15. The molecule has 2 aromatic heterocycles. The van der Waals surface area contributed by atoms with Crippen molar-refractivity contribution in [3.05, 3.63) is 11.5 Å². The van der Waals surface area contributed by atoms with Crippen LogP contribution in [0.25, 0.3) is 11.2 Å². The van der Waals surface area contributed by atoms with E-state index >= 15 is 0 Å². The molecule has 2 heterocycles. The molecule has 8 heteroatoms. The minimum atomic E-state index is -3.03. The summed E-state index contributed by atoms with van der Waals surface area (Å²) in [7, 11) is -1.16. The van der Waals surface area contributed by atoms with Crippen LogP contribution in [0.4, 0.5) is 0 Å². The van der Waals surface area contributed by atoms with Crippen molar-refractivity contribution in [1.82, 2.24) is 19.3 Å². The van der Waals surface area contributed by atoms with E-state index in [0.717, 1.165) is 35.5 Å². The number of halogens is 1. The van der Waals surface area contributed by atoms with Crippen LogP contribution < -0.4 is 0 Å². The third kappa shape index (κ3) is 3.58. The Kier molecular flexibility index (Phi) is 4.93. The summed E-state index contributed by atoms with van der Waals surface area (Å²) in [5.74, 6) is 1.37. The molecule has 0 bridgehead atoms. The number of aromatic nitrogens is 4. The van der Waals surface area contributed by atoms with Crippen molar-refractivity contribution in [1.29, 1.82) is 0 Å². The Morgan fingerprint density at radius 3 is 2.57 bits per heavy atom. The van der Waals surface area contributed by atoms with Gasteiger partial charge in [0, 0.05) is 32.1 Å². The molecule has 0 aliphatic carbocycles. The van der Waals surface area contributed by atoms with E-state index in [9.17, 15) is 8.42 Å². The highest BCUT2D eigenvalue weighted by Gasteiger charge is 2.19. The van der Waals surface area contributed by atoms with E-state index in [2.05, 4.69) is 17.0 Å². The predicted molar refractivity (Wildman–Crippen MR) is 84.6 cm³/mol. The minimum Gasteiger partial charge on any atom is -0.312 e. The number of fused-ring (bicyclic) bond motifs is 1. The number of nitrogens with zero attached hydrogens (tertiary/aromatic N) is 4. The minimum absolute atomic E-state index is 0.0854. The molecule has 0 fully saturated rings. The van der Waals surface area contributed by atoms with Gasteiger partial charge in [-0.05, 0) is 6.42 Å². The van der Waals surface area contributed by atoms with Crippen LogP contribution in [0, 0.1) is 0 Å². The van der Waals surface area contributed by atoms with Crippen LogP contribution in [0.5, 0.6) is 0 Å². The predicted octanol–water partition coefficient (Wildman–Crippen LogP) is 1.55. The summed E-state index contributed by atoms with van der Waals surface area (Å²) in [5.41, 5.74) is 2.71. The zero-order valence-electron chi connectivity index (χ0n) is 12.6. The van der Waals surface area contributed by atoms with Crippen molar-refractivity contribution in [2.24, 2.45) is 7.05 Å². The molecule has 0 aromatic carbocycles. The first kappa shape index (κ1) is 16.3. The van der Waals surface area contributed by atoms with Crippen LogP contribution >= 0.6 is 11.6 Å². The molecule has 0 aliphatic rings. The first-order chi connectivity index (χ1) is 9.87. The van der Waals surface area contributed by atoms with E-state index in [0.29, 0.717) is 18.8 Å². The SMILES string of the molecule is CCCc1nn(C)c2c1nc(CCCl)n2CCS(C)(=O)=O. The second-order valence-corrected chi connectivity index (χ2v) is 7.88. The van der Waals surface area contributed by atoms with E-state index in [4.69, 9.17) is 11.6 Å². The maximum absolute atomic E-state index is 11.4. The van der Waals surface area contributed by atoms with Crippen LogP contribution in [0.3, 0.4) is 0 Å². The Morgan fingerprint density at radius 2 is 2.00 bits per heavy atom. The summed E-state index contributed by atoms with van der Waals surface area (Å²) in [6, 6.07) is 0. The van der Waals surface area contributed by atoms with Crippen molar-refractivity contribution in [3.8, 4) is 0 Å². The van der Waals surface area contributed by atoms with Crippen LogP contribution in [0.15, 0.2) is 0 Å². The highest BCUT2D eigenvalue weighted by molar-refractivity contribution is 7.90. The molecule has 0 unspecified atom stereocenters. The largest absolute Gasteiger partial charge is 0.312 e. The van der Waals surface area contributed by atoms with E-state index in [1.165, 1.54) is 6.26 Å². The van der Waals surface area contributed by atoms with Gasteiger partial charge in [-0.1, -0.05) is 13.3 Å². The van der Waals surface area contributed by atoms with Gasteiger partial charge < -0.3 is 4.57 Å². The van der Waals surface area contributed by atoms with Gasteiger partial charge in [0.05, 0.1) is 11.4 Å². The van der Waals surface area contributed by atoms with Gasteiger partial charge in [-0.3, -0.25) is 4.68 Å². The Balaban J connectivity index is 2.51. The second kappa shape index (κ2) is 6.36. The molecular formula is C13H21ClN4O2S. The zero-order valence-corrected chi connectivity index (χ0v) is 14.2. The van der Waals surface area contributed by atoms with E-state index in [1.807, 2.05) is 11.6 Å². The molecule has 6 nitrogen and oxygen atoms in total. The highest BCUT2D eigenvalue weighted by atomic mass is 35.5. The number of rotatable bonds is 7. The molecule has 0 atom stereocenters. The maximum atomic E-state index is 11.4. The van der Waals surface area contributed by atoms with Gasteiger partial charge in [0.25, 0.3) is 0 Å². The molecule has 0 saturated heterocycles. The fourth-order valence-corrected chi connectivity index (χ4v) is 3.14. The van der Waals surface area contributed by atoms with E-state index < -0.39 is 9.84 Å². The average Bonchev–Trinajstić information content (AvgIpc) is 2.87. The lowest BCUT2D eigenvalue weighted by molar-refractivity contribution is 0.591. The van der Waals surface area contributed by atoms with Crippen molar-refractivity contribution >= 4 is 32.6 Å². The third-order valence-electron chi connectivity index (χ3n) is 3.36. The number of imidazole rings is 1. The fourth-order valence-electron chi connectivity index (χ4n) is 2.46. The van der Waals surface area contributed by atoms with Crippen molar-refractivity contribution < 1.29 is 8.42 Å². The van der Waals surface area contributed by atoms with Gasteiger partial charge in [0.2, 0.25) is 0 Å². The molecule has 21 heavy (non-hydrogen) atoms. The Labute approximate surface area is 130 Å². The number of hydrogen-bond acceptors (Lipinski definition) is 4. The summed E-state index contributed by atoms with van der Waals surface area (Å²) in [6.07, 6.45) is 3.72. The van der Waals surface area contributed by atoms with Crippen molar-refractivity contribution in [2.75, 3.05) is 17.9 Å². The molecule has 0 aliphatic heterocycles. The molecule has 0 saturated carbocycles. The Hall–Kier alpha value is -1.08. The van der Waals surface area contributed by atoms with Gasteiger partial charge in [0.15, 0.2) is 5.65 Å². The van der Waals surface area contributed by atoms with Crippen LogP contribution in [-0.2, 0) is 36.3 Å². The summed E-state index contributed by atoms with van der Waals surface area (Å²) in [4.78, 5) is 4.64. The standard InChI is InChI=1S/C13H21ClN4O2S/c1-4-5-10-12-13(17(2)16-10)18(8-9-21(3,19)20)11(15-12)6-7-14/h4-9H2,1-3H3. The highest BCUT2D eigenvalue weighted by Crippen LogP contribution is 2.21. The molecule has 0 N–H and O–H groups in total. The molecule has 2 aromatic rings. The van der Waals surface area contributed by atoms with Crippen molar-refractivity contribution in [3.63, 3.8) is 0 Å². The number of sulfone groups is 1. The van der Waals surface area contributed by atoms with Crippen molar-refractivity contribution in [2.45, 2.75) is 32.7 Å². The monoisotopic (exact) mass is 332 g/mol. The lowest BCUT2D eigenvalue weighted by Gasteiger charge is -2.08. The van der Waals surface area contributed by atoms with Gasteiger partial charge in [0.1, 0.15) is 21.2 Å². The summed E-state index contributed by atoms with van der Waals surface area (Å²) < 4.78 is 26.6. The third-order valence-corrected chi connectivity index (χ3v) is 4.47. The molecule has 0 amide bonds. The molecule has 0 radical (unpaired) electrons. The fraction of sp³-hybridized carbons (Fsp3) is 0.692. The zero-order chi connectivity index (χ0) is 15.6.